The Labute approximate surface area is 272 Å². The zero-order chi connectivity index (χ0) is 31.5. The molecule has 5 heteroatoms. The average molecular weight is 629 g/mol. The Morgan fingerprint density at radius 2 is 0.558 bits per heavy atom. The highest BCUT2D eigenvalue weighted by molar-refractivity contribution is 8.09. The Hall–Kier alpha value is -0.710. The first-order chi connectivity index (χ1) is 21.1. The summed E-state index contributed by atoms with van der Waals surface area (Å²) in [4.78, 5) is 23.1. The first-order valence-corrected chi connectivity index (χ1v) is 20.7. The van der Waals surface area contributed by atoms with Crippen molar-refractivity contribution in [2.24, 2.45) is 0 Å². The first-order valence-electron chi connectivity index (χ1n) is 19.3. The monoisotopic (exact) mass is 629 g/mol. The Bertz CT molecular complexity index is 564. The second-order valence-corrected chi connectivity index (χ2v) is 14.4. The van der Waals surface area contributed by atoms with Crippen LogP contribution in [0.4, 0.5) is 0 Å². The van der Waals surface area contributed by atoms with Gasteiger partial charge in [0.15, 0.2) is 0 Å². The van der Waals surface area contributed by atoms with Crippen molar-refractivity contribution in [3.63, 3.8) is 0 Å². The number of hydrogen-bond acceptors (Lipinski definition) is 4. The van der Waals surface area contributed by atoms with Crippen LogP contribution in [0, 0.1) is 0 Å². The molecule has 0 rings (SSSR count). The van der Waals surface area contributed by atoms with Crippen LogP contribution in [0.1, 0.15) is 226 Å². The molecule has 0 aromatic carbocycles. The fourth-order valence-corrected chi connectivity index (χ4v) is 7.14. The van der Waals surface area contributed by atoms with Gasteiger partial charge in [-0.2, -0.15) is 0 Å². The molecule has 258 valence electrons. The van der Waals surface area contributed by atoms with E-state index in [0.717, 1.165) is 12.8 Å². The van der Waals surface area contributed by atoms with Gasteiger partial charge in [-0.25, -0.2) is 0 Å². The number of thiol groups is 1. The van der Waals surface area contributed by atoms with Crippen LogP contribution >= 0.6 is 11.5 Å². The second kappa shape index (κ2) is 35.8. The standard InChI is InChI=1S/C38H76O4S/c1-4-7-8-9-10-11-12-13-14-15-16-17-18-19-20-21-22-23-24-25-26-27-28-29-30-31-32-33-34-35-36-43(41-37(39)5-2)42-38(40)6-3/h43H,4-36H2,1-3H3. The molecule has 0 heterocycles. The van der Waals surface area contributed by atoms with Crippen molar-refractivity contribution in [3.05, 3.63) is 0 Å². The van der Waals surface area contributed by atoms with Crippen LogP contribution in [0.15, 0.2) is 0 Å². The van der Waals surface area contributed by atoms with E-state index >= 15 is 0 Å². The molecule has 0 fully saturated rings. The minimum absolute atomic E-state index is 0.277. The largest absolute Gasteiger partial charge is 0.347 e. The highest BCUT2D eigenvalue weighted by Crippen LogP contribution is 2.31. The van der Waals surface area contributed by atoms with Crippen LogP contribution in [-0.2, 0) is 18.0 Å². The summed E-state index contributed by atoms with van der Waals surface area (Å²) in [5, 5.41) is 0. The summed E-state index contributed by atoms with van der Waals surface area (Å²) in [6, 6.07) is 0. The van der Waals surface area contributed by atoms with E-state index in [1.54, 1.807) is 13.8 Å². The fourth-order valence-electron chi connectivity index (χ4n) is 5.73. The number of carbonyl (C=O) groups excluding carboxylic acids is 2. The third kappa shape index (κ3) is 34.0. The van der Waals surface area contributed by atoms with Crippen LogP contribution in [0.5, 0.6) is 0 Å². The maximum atomic E-state index is 11.6. The van der Waals surface area contributed by atoms with Gasteiger partial charge in [-0.3, -0.25) is 9.59 Å². The van der Waals surface area contributed by atoms with Gasteiger partial charge in [0, 0.05) is 12.8 Å². The maximum Gasteiger partial charge on any atom is 0.328 e. The average Bonchev–Trinajstić information content (AvgIpc) is 3.01. The van der Waals surface area contributed by atoms with E-state index in [9.17, 15) is 9.59 Å². The maximum absolute atomic E-state index is 11.6. The zero-order valence-corrected chi connectivity index (χ0v) is 30.3. The molecule has 0 aliphatic carbocycles. The second-order valence-electron chi connectivity index (χ2n) is 12.9. The van der Waals surface area contributed by atoms with Crippen LogP contribution in [-0.4, -0.2) is 17.7 Å². The molecule has 43 heavy (non-hydrogen) atoms. The summed E-state index contributed by atoms with van der Waals surface area (Å²) >= 11 is -1.40. The van der Waals surface area contributed by atoms with E-state index in [1.807, 2.05) is 0 Å². The third-order valence-corrected chi connectivity index (χ3v) is 10.2. The molecular weight excluding hydrogens is 552 g/mol. The SMILES string of the molecule is CCCCCCCCCCCCCCCCCCCCCCCCCCCCCCCC[SH](OC(=O)CC)OC(=O)CC. The van der Waals surface area contributed by atoms with Gasteiger partial charge in [0.2, 0.25) is 0 Å². The summed E-state index contributed by atoms with van der Waals surface area (Å²) in [6.45, 7) is 5.83. The molecule has 0 spiro atoms. The third-order valence-electron chi connectivity index (χ3n) is 8.68. The van der Waals surface area contributed by atoms with Gasteiger partial charge in [-0.1, -0.05) is 207 Å². The van der Waals surface area contributed by atoms with Gasteiger partial charge in [-0.05, 0) is 6.42 Å². The lowest BCUT2D eigenvalue weighted by molar-refractivity contribution is -0.136. The fraction of sp³-hybridized carbons (Fsp3) is 0.947. The minimum atomic E-state index is -1.40. The summed E-state index contributed by atoms with van der Waals surface area (Å²) in [7, 11) is 0. The van der Waals surface area contributed by atoms with Gasteiger partial charge in [0.25, 0.3) is 0 Å². The van der Waals surface area contributed by atoms with Crippen LogP contribution < -0.4 is 0 Å². The minimum Gasteiger partial charge on any atom is -0.347 e. The molecule has 0 aliphatic rings. The van der Waals surface area contributed by atoms with Gasteiger partial charge in [-0.15, -0.1) is 11.5 Å². The highest BCUT2D eigenvalue weighted by atomic mass is 32.2. The van der Waals surface area contributed by atoms with Gasteiger partial charge in [0.1, 0.15) is 0 Å². The van der Waals surface area contributed by atoms with Crippen molar-refractivity contribution in [2.45, 2.75) is 226 Å². The van der Waals surface area contributed by atoms with E-state index in [2.05, 4.69) is 6.92 Å². The molecule has 4 nitrogen and oxygen atoms in total. The van der Waals surface area contributed by atoms with Crippen molar-refractivity contribution in [2.75, 3.05) is 5.75 Å². The van der Waals surface area contributed by atoms with Crippen LogP contribution in [0.3, 0.4) is 0 Å². The molecule has 0 radical (unpaired) electrons. The Morgan fingerprint density at radius 3 is 0.767 bits per heavy atom. The van der Waals surface area contributed by atoms with Gasteiger partial charge >= 0.3 is 11.9 Å². The van der Waals surface area contributed by atoms with E-state index in [4.69, 9.17) is 8.37 Å². The normalized spacial score (nSPS) is 11.6. The van der Waals surface area contributed by atoms with Crippen LogP contribution in [0.2, 0.25) is 0 Å². The molecule has 0 atom stereocenters. The molecule has 0 aromatic rings. The van der Waals surface area contributed by atoms with Gasteiger partial charge < -0.3 is 8.37 Å². The number of rotatable bonds is 35. The lowest BCUT2D eigenvalue weighted by Crippen LogP contribution is -2.09. The predicted molar refractivity (Wildman–Crippen MR) is 191 cm³/mol. The van der Waals surface area contributed by atoms with E-state index < -0.39 is 11.5 Å². The molecule has 0 aromatic heterocycles. The van der Waals surface area contributed by atoms with Crippen molar-refractivity contribution >= 4 is 23.4 Å². The van der Waals surface area contributed by atoms with E-state index in [1.165, 1.54) is 180 Å². The quantitative estimate of drug-likeness (QED) is 0.0560. The van der Waals surface area contributed by atoms with Gasteiger partial charge in [0.05, 0.1) is 5.75 Å². The molecule has 0 aliphatic heterocycles. The lowest BCUT2D eigenvalue weighted by Gasteiger charge is -2.24. The molecular formula is C38H76O4S. The molecule has 0 saturated carbocycles. The van der Waals surface area contributed by atoms with Crippen molar-refractivity contribution in [1.29, 1.82) is 0 Å². The van der Waals surface area contributed by atoms with Crippen molar-refractivity contribution in [3.8, 4) is 0 Å². The smallest absolute Gasteiger partial charge is 0.328 e. The van der Waals surface area contributed by atoms with Crippen molar-refractivity contribution in [1.82, 2.24) is 0 Å². The summed E-state index contributed by atoms with van der Waals surface area (Å²) in [5.74, 6) is 0.118. The lowest BCUT2D eigenvalue weighted by atomic mass is 10.0. The molecule has 0 saturated heterocycles. The molecule has 0 unspecified atom stereocenters. The first kappa shape index (κ1) is 42.3. The van der Waals surface area contributed by atoms with Crippen molar-refractivity contribution < 1.29 is 18.0 Å². The number of unbranched alkanes of at least 4 members (excludes halogenated alkanes) is 29. The summed E-state index contributed by atoms with van der Waals surface area (Å²) in [5.41, 5.74) is 0. The van der Waals surface area contributed by atoms with E-state index in [0.29, 0.717) is 18.6 Å². The topological polar surface area (TPSA) is 52.6 Å². The number of carbonyl (C=O) groups is 2. The summed E-state index contributed by atoms with van der Waals surface area (Å²) in [6.07, 6.45) is 42.6. The molecule has 0 amide bonds. The Kier molecular flexibility index (Phi) is 35.2. The highest BCUT2D eigenvalue weighted by Gasteiger charge is 2.11. The zero-order valence-electron chi connectivity index (χ0n) is 29.4. The number of hydrogen-bond donors (Lipinski definition) is 1. The Morgan fingerprint density at radius 1 is 0.349 bits per heavy atom. The molecule has 0 bridgehead atoms. The predicted octanol–water partition coefficient (Wildman–Crippen LogP) is 13.4. The summed E-state index contributed by atoms with van der Waals surface area (Å²) < 4.78 is 10.6. The van der Waals surface area contributed by atoms with Crippen LogP contribution in [0.25, 0.3) is 0 Å². The molecule has 0 N–H and O–H groups in total. The Balaban J connectivity index is 3.25. The van der Waals surface area contributed by atoms with E-state index in [-0.39, 0.29) is 11.9 Å².